The molecule has 0 aliphatic heterocycles. The molecule has 2 aliphatic carbocycles. The molecule has 24 heavy (non-hydrogen) atoms. The number of alkyl halides is 3. The van der Waals surface area contributed by atoms with E-state index in [4.69, 9.17) is 0 Å². The summed E-state index contributed by atoms with van der Waals surface area (Å²) in [4.78, 5) is 0. The van der Waals surface area contributed by atoms with Crippen LogP contribution in [0.5, 0.6) is 5.75 Å². The largest absolute Gasteiger partial charge is 0.534 e. The Bertz CT molecular complexity index is 751. The Labute approximate surface area is 153 Å². The molecule has 134 valence electrons. The molecule has 0 unspecified atom stereocenters. The third-order valence-corrected chi connectivity index (χ3v) is 7.18. The predicted molar refractivity (Wildman–Crippen MR) is 92.4 cm³/mol. The van der Waals surface area contributed by atoms with E-state index in [0.717, 1.165) is 41.2 Å². The van der Waals surface area contributed by atoms with Crippen molar-refractivity contribution in [2.75, 3.05) is 0 Å². The van der Waals surface area contributed by atoms with Crippen LogP contribution in [-0.2, 0) is 22.0 Å². The van der Waals surface area contributed by atoms with Crippen molar-refractivity contribution < 1.29 is 25.8 Å². The Morgan fingerprint density at radius 3 is 2.42 bits per heavy atom. The lowest BCUT2D eigenvalue weighted by molar-refractivity contribution is -0.0500. The average molecular weight is 474 g/mol. The van der Waals surface area contributed by atoms with Gasteiger partial charge in [0.05, 0.1) is 0 Å². The van der Waals surface area contributed by atoms with Crippen LogP contribution < -0.4 is 4.18 Å². The summed E-state index contributed by atoms with van der Waals surface area (Å²) < 4.78 is 66.1. The highest BCUT2D eigenvalue weighted by Crippen LogP contribution is 2.53. The van der Waals surface area contributed by atoms with E-state index >= 15 is 0 Å². The van der Waals surface area contributed by atoms with Gasteiger partial charge in [-0.1, -0.05) is 6.92 Å². The molecule has 2 aliphatic rings. The molecule has 0 saturated heterocycles. The van der Waals surface area contributed by atoms with Crippen LogP contribution in [0, 0.1) is 9.49 Å². The minimum absolute atomic E-state index is 0.0419. The molecule has 3 rings (SSSR count). The Balaban J connectivity index is 2.01. The topological polar surface area (TPSA) is 43.4 Å². The van der Waals surface area contributed by atoms with Crippen LogP contribution in [0.4, 0.5) is 13.2 Å². The van der Waals surface area contributed by atoms with E-state index in [2.05, 4.69) is 33.7 Å². The highest BCUT2D eigenvalue weighted by atomic mass is 127. The van der Waals surface area contributed by atoms with Crippen molar-refractivity contribution in [1.29, 1.82) is 0 Å². The molecular formula is C16H18F3IO3S. The molecule has 0 N–H and O–H groups in total. The number of hydrogen-bond donors (Lipinski definition) is 0. The van der Waals surface area contributed by atoms with Gasteiger partial charge in [0.25, 0.3) is 0 Å². The first kappa shape index (κ1) is 18.3. The Hall–Kier alpha value is -0.510. The lowest BCUT2D eigenvalue weighted by Gasteiger charge is -2.37. The van der Waals surface area contributed by atoms with E-state index in [0.29, 0.717) is 17.9 Å². The zero-order valence-electron chi connectivity index (χ0n) is 13.1. The van der Waals surface area contributed by atoms with Crippen molar-refractivity contribution >= 4 is 32.7 Å². The Kier molecular flexibility index (Phi) is 4.60. The zero-order chi connectivity index (χ0) is 17.8. The SMILES string of the molecule is CC1CCC2(CCc3c(OS(=O)(=O)C(F)(F)F)ccc(I)c32)CC1. The lowest BCUT2D eigenvalue weighted by atomic mass is 9.68. The molecular weight excluding hydrogens is 456 g/mol. The van der Waals surface area contributed by atoms with Gasteiger partial charge < -0.3 is 4.18 Å². The fraction of sp³-hybridized carbons (Fsp3) is 0.625. The summed E-state index contributed by atoms with van der Waals surface area (Å²) in [5.74, 6) is 0.487. The molecule has 1 fully saturated rings. The summed E-state index contributed by atoms with van der Waals surface area (Å²) in [5, 5.41) is 0. The summed E-state index contributed by atoms with van der Waals surface area (Å²) in [6.07, 6.45) is 5.56. The van der Waals surface area contributed by atoms with Gasteiger partial charge in [0.2, 0.25) is 0 Å². The van der Waals surface area contributed by atoms with Crippen LogP contribution in [0.3, 0.4) is 0 Å². The zero-order valence-corrected chi connectivity index (χ0v) is 16.1. The molecule has 0 atom stereocenters. The van der Waals surface area contributed by atoms with E-state index in [-0.39, 0.29) is 11.2 Å². The number of benzene rings is 1. The molecule has 1 aromatic rings. The first-order valence-electron chi connectivity index (χ1n) is 7.88. The fourth-order valence-electron chi connectivity index (χ4n) is 3.97. The third kappa shape index (κ3) is 3.04. The highest BCUT2D eigenvalue weighted by Gasteiger charge is 2.50. The smallest absolute Gasteiger partial charge is 0.376 e. The van der Waals surface area contributed by atoms with Crippen molar-refractivity contribution in [3.05, 3.63) is 26.8 Å². The van der Waals surface area contributed by atoms with Crippen molar-refractivity contribution in [1.82, 2.24) is 0 Å². The molecule has 0 amide bonds. The monoisotopic (exact) mass is 474 g/mol. The van der Waals surface area contributed by atoms with Crippen molar-refractivity contribution in [2.24, 2.45) is 5.92 Å². The Morgan fingerprint density at radius 2 is 1.83 bits per heavy atom. The van der Waals surface area contributed by atoms with Crippen LogP contribution in [-0.4, -0.2) is 13.9 Å². The molecule has 0 radical (unpaired) electrons. The molecule has 3 nitrogen and oxygen atoms in total. The maximum atomic E-state index is 12.6. The molecule has 0 heterocycles. The average Bonchev–Trinajstić information content (AvgIpc) is 2.85. The maximum absolute atomic E-state index is 12.6. The molecule has 1 spiro atoms. The van der Waals surface area contributed by atoms with E-state index in [1.165, 1.54) is 6.07 Å². The molecule has 8 heteroatoms. The van der Waals surface area contributed by atoms with Crippen LogP contribution >= 0.6 is 22.6 Å². The van der Waals surface area contributed by atoms with Crippen LogP contribution in [0.1, 0.15) is 50.2 Å². The van der Waals surface area contributed by atoms with Gasteiger partial charge in [0.1, 0.15) is 5.75 Å². The molecule has 0 bridgehead atoms. The lowest BCUT2D eigenvalue weighted by Crippen LogP contribution is -2.30. The molecule has 0 aromatic heterocycles. The van der Waals surface area contributed by atoms with Gasteiger partial charge in [-0.25, -0.2) is 0 Å². The van der Waals surface area contributed by atoms with Gasteiger partial charge in [-0.2, -0.15) is 21.6 Å². The second-order valence-electron chi connectivity index (χ2n) is 6.85. The standard InChI is InChI=1S/C16H18F3IO3S/c1-10-4-7-15(8-5-10)9-6-11-13(3-2-12(20)14(11)15)23-24(21,22)16(17,18)19/h2-3,10H,4-9H2,1H3. The van der Waals surface area contributed by atoms with E-state index in [1.807, 2.05) is 0 Å². The third-order valence-electron chi connectivity index (χ3n) is 5.32. The van der Waals surface area contributed by atoms with Crippen molar-refractivity contribution in [3.63, 3.8) is 0 Å². The number of fused-ring (bicyclic) bond motifs is 2. The Morgan fingerprint density at radius 1 is 1.21 bits per heavy atom. The number of hydrogen-bond acceptors (Lipinski definition) is 3. The minimum Gasteiger partial charge on any atom is -0.376 e. The van der Waals surface area contributed by atoms with Gasteiger partial charge in [-0.05, 0) is 90.1 Å². The summed E-state index contributed by atoms with van der Waals surface area (Å²) in [6.45, 7) is 2.21. The van der Waals surface area contributed by atoms with Gasteiger partial charge in [-0.3, -0.25) is 0 Å². The van der Waals surface area contributed by atoms with Gasteiger partial charge >= 0.3 is 15.6 Å². The van der Waals surface area contributed by atoms with E-state index < -0.39 is 15.6 Å². The quantitative estimate of drug-likeness (QED) is 0.348. The number of rotatable bonds is 2. The summed E-state index contributed by atoms with van der Waals surface area (Å²) in [6, 6.07) is 3.00. The minimum atomic E-state index is -5.64. The molecule has 1 saturated carbocycles. The van der Waals surface area contributed by atoms with Gasteiger partial charge in [0.15, 0.2) is 0 Å². The van der Waals surface area contributed by atoms with E-state index in [9.17, 15) is 21.6 Å². The molecule has 1 aromatic carbocycles. The normalized spacial score (nSPS) is 27.3. The van der Waals surface area contributed by atoms with Gasteiger partial charge in [-0.15, -0.1) is 0 Å². The van der Waals surface area contributed by atoms with Crippen LogP contribution in [0.15, 0.2) is 12.1 Å². The summed E-state index contributed by atoms with van der Waals surface area (Å²) in [7, 11) is -5.64. The summed E-state index contributed by atoms with van der Waals surface area (Å²) in [5.41, 5.74) is -3.83. The fourth-order valence-corrected chi connectivity index (χ4v) is 5.53. The predicted octanol–water partition coefficient (Wildman–Crippen LogP) is 4.91. The van der Waals surface area contributed by atoms with Crippen LogP contribution in [0.25, 0.3) is 0 Å². The second-order valence-corrected chi connectivity index (χ2v) is 9.55. The summed E-state index contributed by atoms with van der Waals surface area (Å²) >= 11 is 2.19. The van der Waals surface area contributed by atoms with Crippen molar-refractivity contribution in [2.45, 2.75) is 56.4 Å². The maximum Gasteiger partial charge on any atom is 0.534 e. The van der Waals surface area contributed by atoms with Crippen molar-refractivity contribution in [3.8, 4) is 5.75 Å². The highest BCUT2D eigenvalue weighted by molar-refractivity contribution is 14.1. The first-order valence-corrected chi connectivity index (χ1v) is 10.4. The number of halogens is 4. The van der Waals surface area contributed by atoms with Crippen LogP contribution in [0.2, 0.25) is 0 Å². The second kappa shape index (κ2) is 6.03. The first-order chi connectivity index (χ1) is 11.1. The van der Waals surface area contributed by atoms with Gasteiger partial charge in [0, 0.05) is 9.13 Å². The van der Waals surface area contributed by atoms with E-state index in [1.54, 1.807) is 6.07 Å².